The lowest BCUT2D eigenvalue weighted by Gasteiger charge is -2.37. The van der Waals surface area contributed by atoms with Crippen molar-refractivity contribution in [3.8, 4) is 17.1 Å². The standard InChI is InChI=1S/C23H19N3O6/c1-31-11-2-4-15(18(8-11)26(29)30)19-7-3-12(32-19)10-24-25-22(27)20-13-5-6-14(17-9-16(13)17)21(20)23(25)28/h2-8,10,13-14,16-17,20-21H,9H2,1H3/b24-10-/t13-,14-,16-,17-,20-,21+/m0/s1. The van der Waals surface area contributed by atoms with E-state index in [1.54, 1.807) is 24.3 Å². The highest BCUT2D eigenvalue weighted by molar-refractivity contribution is 6.06. The van der Waals surface area contributed by atoms with E-state index in [4.69, 9.17) is 9.15 Å². The maximum absolute atomic E-state index is 13.0. The number of nitro benzene ring substituents is 1. The normalized spacial score (nSPS) is 31.8. The van der Waals surface area contributed by atoms with Gasteiger partial charge >= 0.3 is 0 Å². The fraction of sp³-hybridized carbons (Fsp3) is 0.348. The average Bonchev–Trinajstić information content (AvgIpc) is 3.44. The highest BCUT2D eigenvalue weighted by Crippen LogP contribution is 2.65. The second kappa shape index (κ2) is 6.62. The number of nitrogens with zero attached hydrogens (tertiary/aromatic N) is 3. The topological polar surface area (TPSA) is 115 Å². The number of hydrogen-bond acceptors (Lipinski definition) is 7. The smallest absolute Gasteiger partial charge is 0.284 e. The summed E-state index contributed by atoms with van der Waals surface area (Å²) in [6.07, 6.45) is 6.63. The van der Waals surface area contributed by atoms with Gasteiger partial charge < -0.3 is 9.15 Å². The predicted molar refractivity (Wildman–Crippen MR) is 111 cm³/mol. The van der Waals surface area contributed by atoms with Crippen molar-refractivity contribution in [3.63, 3.8) is 0 Å². The van der Waals surface area contributed by atoms with E-state index in [0.717, 1.165) is 11.4 Å². The van der Waals surface area contributed by atoms with E-state index >= 15 is 0 Å². The van der Waals surface area contributed by atoms with Crippen LogP contribution in [0.3, 0.4) is 0 Å². The largest absolute Gasteiger partial charge is 0.497 e. The van der Waals surface area contributed by atoms with E-state index in [9.17, 15) is 19.7 Å². The number of hydrazone groups is 1. The van der Waals surface area contributed by atoms with Gasteiger partial charge in [0.05, 0.1) is 41.7 Å². The molecular formula is C23H19N3O6. The summed E-state index contributed by atoms with van der Waals surface area (Å²) in [5, 5.41) is 16.6. The minimum absolute atomic E-state index is 0.137. The van der Waals surface area contributed by atoms with Crippen LogP contribution in [0, 0.1) is 45.6 Å². The molecule has 2 heterocycles. The van der Waals surface area contributed by atoms with Gasteiger partial charge in [-0.2, -0.15) is 10.1 Å². The van der Waals surface area contributed by atoms with Crippen LogP contribution in [0.15, 0.2) is 52.0 Å². The molecule has 0 radical (unpaired) electrons. The molecule has 1 aromatic carbocycles. The molecule has 6 atom stereocenters. The number of ether oxygens (including phenoxy) is 1. The Morgan fingerprint density at radius 1 is 1.12 bits per heavy atom. The van der Waals surface area contributed by atoms with Crippen molar-refractivity contribution in [2.75, 3.05) is 7.11 Å². The van der Waals surface area contributed by atoms with Crippen LogP contribution in [0.25, 0.3) is 11.3 Å². The highest BCUT2D eigenvalue weighted by atomic mass is 16.6. The molecule has 1 saturated heterocycles. The third kappa shape index (κ3) is 2.60. The summed E-state index contributed by atoms with van der Waals surface area (Å²) < 4.78 is 10.8. The molecule has 0 spiro atoms. The summed E-state index contributed by atoms with van der Waals surface area (Å²) in [5.41, 5.74) is 0.134. The van der Waals surface area contributed by atoms with Gasteiger partial charge in [-0.3, -0.25) is 19.7 Å². The van der Waals surface area contributed by atoms with Gasteiger partial charge in [0.15, 0.2) is 0 Å². The Labute approximate surface area is 182 Å². The van der Waals surface area contributed by atoms with E-state index in [1.165, 1.54) is 19.4 Å². The van der Waals surface area contributed by atoms with Gasteiger partial charge in [-0.15, -0.1) is 0 Å². The van der Waals surface area contributed by atoms with E-state index in [1.807, 2.05) is 0 Å². The SMILES string of the molecule is COc1ccc(-c2ccc(/C=N\N3C(=O)[C@@H]4[C@H]5C=C[C@@H]([C@@H]6C[C@@H]56)[C@@H]4C3=O)o2)c([N+](=O)[O-])c1. The summed E-state index contributed by atoms with van der Waals surface area (Å²) in [4.78, 5) is 36.9. The van der Waals surface area contributed by atoms with Crippen molar-refractivity contribution >= 4 is 23.7 Å². The Bertz CT molecular complexity index is 1190. The number of hydrogen-bond donors (Lipinski definition) is 0. The van der Waals surface area contributed by atoms with Gasteiger partial charge in [0.25, 0.3) is 17.5 Å². The number of imide groups is 1. The molecule has 2 bridgehead atoms. The van der Waals surface area contributed by atoms with Crippen LogP contribution in [-0.4, -0.2) is 35.1 Å². The minimum atomic E-state index is -0.510. The molecule has 3 fully saturated rings. The summed E-state index contributed by atoms with van der Waals surface area (Å²) >= 11 is 0. The molecule has 7 rings (SSSR count). The van der Waals surface area contributed by atoms with Crippen molar-refractivity contribution in [2.45, 2.75) is 6.42 Å². The van der Waals surface area contributed by atoms with Crippen LogP contribution in [0.2, 0.25) is 0 Å². The molecule has 32 heavy (non-hydrogen) atoms. The van der Waals surface area contributed by atoms with E-state index in [0.29, 0.717) is 17.6 Å². The molecule has 0 N–H and O–H groups in total. The van der Waals surface area contributed by atoms with Crippen LogP contribution < -0.4 is 4.74 Å². The van der Waals surface area contributed by atoms with Gasteiger partial charge in [-0.05, 0) is 54.4 Å². The summed E-state index contributed by atoms with van der Waals surface area (Å²) in [6.45, 7) is 0. The zero-order valence-corrected chi connectivity index (χ0v) is 17.1. The third-order valence-electron chi connectivity index (χ3n) is 7.23. The number of allylic oxidation sites excluding steroid dienone is 2. The first-order chi connectivity index (χ1) is 15.5. The van der Waals surface area contributed by atoms with Crippen molar-refractivity contribution in [3.05, 3.63) is 58.4 Å². The first-order valence-electron chi connectivity index (χ1n) is 10.5. The zero-order valence-electron chi connectivity index (χ0n) is 17.1. The number of nitro groups is 1. The van der Waals surface area contributed by atoms with Crippen molar-refractivity contribution in [2.24, 2.45) is 40.6 Å². The number of carbonyl (C=O) groups excluding carboxylic acids is 2. The molecule has 9 heteroatoms. The van der Waals surface area contributed by atoms with Gasteiger partial charge in [0.1, 0.15) is 17.3 Å². The van der Waals surface area contributed by atoms with Gasteiger partial charge in [-0.25, -0.2) is 0 Å². The maximum atomic E-state index is 13.0. The number of benzene rings is 1. The first-order valence-corrected chi connectivity index (χ1v) is 10.5. The number of furan rings is 1. The summed E-state index contributed by atoms with van der Waals surface area (Å²) in [7, 11) is 1.43. The Morgan fingerprint density at radius 3 is 2.44 bits per heavy atom. The lowest BCUT2D eigenvalue weighted by molar-refractivity contribution is -0.384. The molecule has 1 aromatic heterocycles. The molecular weight excluding hydrogens is 414 g/mol. The summed E-state index contributed by atoms with van der Waals surface area (Å²) in [5.74, 6) is 1.12. The van der Waals surface area contributed by atoms with Crippen molar-refractivity contribution < 1.29 is 23.7 Å². The van der Waals surface area contributed by atoms with E-state index < -0.39 is 4.92 Å². The number of rotatable bonds is 5. The number of methoxy groups -OCH3 is 1. The lowest BCUT2D eigenvalue weighted by Crippen LogP contribution is -2.40. The second-order valence-electron chi connectivity index (χ2n) is 8.73. The molecule has 9 nitrogen and oxygen atoms in total. The van der Waals surface area contributed by atoms with Gasteiger partial charge in [0.2, 0.25) is 0 Å². The molecule has 1 aliphatic heterocycles. The average molecular weight is 433 g/mol. The first kappa shape index (κ1) is 19.0. The fourth-order valence-electron chi connectivity index (χ4n) is 5.73. The Balaban J connectivity index is 1.25. The van der Waals surface area contributed by atoms with Gasteiger partial charge in [0, 0.05) is 0 Å². The second-order valence-corrected chi connectivity index (χ2v) is 8.73. The lowest BCUT2D eigenvalue weighted by atomic mass is 9.63. The van der Waals surface area contributed by atoms with Crippen LogP contribution in [0.5, 0.6) is 5.75 Å². The van der Waals surface area contributed by atoms with Crippen molar-refractivity contribution in [1.29, 1.82) is 0 Å². The van der Waals surface area contributed by atoms with Gasteiger partial charge in [-0.1, -0.05) is 12.2 Å². The van der Waals surface area contributed by atoms with Crippen LogP contribution in [0.1, 0.15) is 12.2 Å². The zero-order chi connectivity index (χ0) is 22.1. The maximum Gasteiger partial charge on any atom is 0.284 e. The van der Waals surface area contributed by atoms with Crippen LogP contribution >= 0.6 is 0 Å². The van der Waals surface area contributed by atoms with Crippen LogP contribution in [0.4, 0.5) is 5.69 Å². The molecule has 4 aliphatic carbocycles. The fourth-order valence-corrected chi connectivity index (χ4v) is 5.73. The van der Waals surface area contributed by atoms with E-state index in [2.05, 4.69) is 17.3 Å². The summed E-state index contributed by atoms with van der Waals surface area (Å²) in [6, 6.07) is 7.65. The quantitative estimate of drug-likeness (QED) is 0.235. The number of amides is 2. The van der Waals surface area contributed by atoms with E-state index in [-0.39, 0.29) is 58.3 Å². The third-order valence-corrected chi connectivity index (χ3v) is 7.23. The Hall–Kier alpha value is -3.75. The van der Waals surface area contributed by atoms with Crippen molar-refractivity contribution in [1.82, 2.24) is 5.01 Å². The molecule has 5 aliphatic rings. The molecule has 2 amide bonds. The number of carbonyl (C=O) groups is 2. The Kier molecular flexibility index (Phi) is 3.93. The minimum Gasteiger partial charge on any atom is -0.497 e. The van der Waals surface area contributed by atoms with Crippen LogP contribution in [-0.2, 0) is 9.59 Å². The molecule has 0 unspecified atom stereocenters. The highest BCUT2D eigenvalue weighted by Gasteiger charge is 2.67. The molecule has 2 aromatic rings. The Morgan fingerprint density at radius 2 is 1.81 bits per heavy atom. The molecule has 162 valence electrons. The predicted octanol–water partition coefficient (Wildman–Crippen LogP) is 3.25. The molecule has 2 saturated carbocycles. The monoisotopic (exact) mass is 433 g/mol.